The molecule has 0 amide bonds. The summed E-state index contributed by atoms with van der Waals surface area (Å²) in [5.41, 5.74) is 0. The van der Waals surface area contributed by atoms with Crippen LogP contribution in [-0.4, -0.2) is 87.7 Å². The number of halogens is 8. The van der Waals surface area contributed by atoms with Gasteiger partial charge < -0.3 is 19.1 Å². The third-order valence-corrected chi connectivity index (χ3v) is 8.08. The van der Waals surface area contributed by atoms with Gasteiger partial charge in [0.25, 0.3) is 0 Å². The molecule has 2 atom stereocenters. The Kier molecular flexibility index (Phi) is 15.8. The summed E-state index contributed by atoms with van der Waals surface area (Å²) in [7, 11) is 2.33. The Bertz CT molecular complexity index is 716. The summed E-state index contributed by atoms with van der Waals surface area (Å²) in [6.45, 7) is 8.06. The van der Waals surface area contributed by atoms with Crippen LogP contribution in [0.4, 0.5) is 35.1 Å². The van der Waals surface area contributed by atoms with Crippen molar-refractivity contribution < 1.29 is 49.3 Å². The van der Waals surface area contributed by atoms with E-state index in [1.807, 2.05) is 6.92 Å². The zero-order valence-corrected chi connectivity index (χ0v) is 25.4. The van der Waals surface area contributed by atoms with Gasteiger partial charge in [-0.3, -0.25) is 0 Å². The van der Waals surface area contributed by atoms with Gasteiger partial charge in [0, 0.05) is 33.3 Å². The fourth-order valence-electron chi connectivity index (χ4n) is 5.35. The molecular formula is C28H50F8N2O3. The number of hydrogen-bond acceptors (Lipinski definition) is 5. The van der Waals surface area contributed by atoms with E-state index in [-0.39, 0.29) is 26.3 Å². The minimum atomic E-state index is -4.44. The predicted octanol–water partition coefficient (Wildman–Crippen LogP) is 7.95. The number of rotatable bonds is 9. The van der Waals surface area contributed by atoms with Gasteiger partial charge in [-0.2, -0.15) is 35.1 Å². The second kappa shape index (κ2) is 16.9. The highest BCUT2D eigenvalue weighted by molar-refractivity contribution is 4.82. The predicted molar refractivity (Wildman–Crippen MR) is 141 cm³/mol. The quantitative estimate of drug-likeness (QED) is 0.195. The van der Waals surface area contributed by atoms with Crippen LogP contribution < -0.4 is 0 Å². The van der Waals surface area contributed by atoms with Crippen molar-refractivity contribution in [1.29, 1.82) is 0 Å². The third kappa shape index (κ3) is 12.0. The van der Waals surface area contributed by atoms with Crippen molar-refractivity contribution in [2.45, 2.75) is 103 Å². The van der Waals surface area contributed by atoms with Crippen LogP contribution in [0, 0.1) is 23.7 Å². The molecule has 3 fully saturated rings. The standard InChI is InChI=1S/2C10H18F2O.C8H14F4N2O/c1-3-13-10(11,12)9-6-4-8(2)5-7-9;1-3-13-10(11,12)9-6-4-5-8(2)7-9;1-13-3-5-14(6-4-13)7(9,10)8(11,12)15-2/h2*8-9H,3-7H2,1-2H3;3-6H2,1-2H3. The number of ether oxygens (including phenoxy) is 3. The summed E-state index contributed by atoms with van der Waals surface area (Å²) in [5, 5.41) is 0. The summed E-state index contributed by atoms with van der Waals surface area (Å²) in [6.07, 6.45) is -4.00. The molecule has 0 N–H and O–H groups in total. The Hall–Kier alpha value is -0.760. The second-order valence-corrected chi connectivity index (χ2v) is 11.5. The monoisotopic (exact) mass is 614 g/mol. The molecule has 1 heterocycles. The zero-order chi connectivity index (χ0) is 31.5. The van der Waals surface area contributed by atoms with E-state index < -0.39 is 36.2 Å². The minimum Gasteiger partial charge on any atom is -0.321 e. The molecule has 0 aromatic rings. The van der Waals surface area contributed by atoms with Gasteiger partial charge >= 0.3 is 24.4 Å². The van der Waals surface area contributed by atoms with E-state index in [2.05, 4.69) is 21.1 Å². The first-order valence-corrected chi connectivity index (χ1v) is 14.7. The third-order valence-electron chi connectivity index (χ3n) is 8.08. The van der Waals surface area contributed by atoms with Crippen LogP contribution in [-0.2, 0) is 14.2 Å². The van der Waals surface area contributed by atoms with E-state index in [1.54, 1.807) is 25.8 Å². The highest BCUT2D eigenvalue weighted by Crippen LogP contribution is 2.41. The topological polar surface area (TPSA) is 34.2 Å². The fourth-order valence-corrected chi connectivity index (χ4v) is 5.35. The van der Waals surface area contributed by atoms with Crippen LogP contribution in [0.15, 0.2) is 0 Å². The number of likely N-dealkylation sites (N-methyl/N-ethyl adjacent to an activating group) is 1. The molecule has 1 aliphatic heterocycles. The lowest BCUT2D eigenvalue weighted by molar-refractivity contribution is -0.385. The van der Waals surface area contributed by atoms with Gasteiger partial charge in [-0.05, 0) is 58.4 Å². The van der Waals surface area contributed by atoms with Crippen molar-refractivity contribution in [3.63, 3.8) is 0 Å². The summed E-state index contributed by atoms with van der Waals surface area (Å²) >= 11 is 0. The van der Waals surface area contributed by atoms with Gasteiger partial charge in [-0.15, -0.1) is 0 Å². The molecule has 0 spiro atoms. The molecule has 0 aromatic heterocycles. The van der Waals surface area contributed by atoms with E-state index in [0.29, 0.717) is 62.6 Å². The minimum absolute atomic E-state index is 0.0948. The van der Waals surface area contributed by atoms with Crippen molar-refractivity contribution >= 4 is 0 Å². The van der Waals surface area contributed by atoms with Crippen molar-refractivity contribution in [1.82, 2.24) is 9.80 Å². The van der Waals surface area contributed by atoms with E-state index in [4.69, 9.17) is 0 Å². The molecule has 246 valence electrons. The molecule has 41 heavy (non-hydrogen) atoms. The normalized spacial score (nSPS) is 27.4. The highest BCUT2D eigenvalue weighted by atomic mass is 19.3. The molecular weight excluding hydrogens is 564 g/mol. The van der Waals surface area contributed by atoms with Gasteiger partial charge in [0.05, 0.1) is 25.0 Å². The molecule has 0 bridgehead atoms. The summed E-state index contributed by atoms with van der Waals surface area (Å²) in [5.74, 6) is -0.0846. The average Bonchev–Trinajstić information content (AvgIpc) is 2.90. The lowest BCUT2D eigenvalue weighted by atomic mass is 9.82. The Morgan fingerprint density at radius 3 is 1.59 bits per heavy atom. The van der Waals surface area contributed by atoms with E-state index in [9.17, 15) is 35.1 Å². The van der Waals surface area contributed by atoms with Gasteiger partial charge in [0.15, 0.2) is 0 Å². The largest absolute Gasteiger partial charge is 0.434 e. The Morgan fingerprint density at radius 2 is 1.15 bits per heavy atom. The van der Waals surface area contributed by atoms with Crippen LogP contribution in [0.25, 0.3) is 0 Å². The Morgan fingerprint density at radius 1 is 0.659 bits per heavy atom. The maximum Gasteiger partial charge on any atom is 0.434 e. The van der Waals surface area contributed by atoms with Crippen molar-refractivity contribution in [2.24, 2.45) is 23.7 Å². The summed E-state index contributed by atoms with van der Waals surface area (Å²) in [4.78, 5) is 2.26. The first kappa shape index (κ1) is 38.3. The van der Waals surface area contributed by atoms with Crippen LogP contribution in [0.5, 0.6) is 0 Å². The van der Waals surface area contributed by atoms with Gasteiger partial charge in [-0.25, -0.2) is 4.90 Å². The molecule has 1 saturated heterocycles. The molecule has 0 radical (unpaired) electrons. The molecule has 5 nitrogen and oxygen atoms in total. The van der Waals surface area contributed by atoms with Crippen LogP contribution in [0.2, 0.25) is 0 Å². The molecule has 13 heteroatoms. The lowest BCUT2D eigenvalue weighted by Gasteiger charge is -2.39. The maximum absolute atomic E-state index is 13.3. The van der Waals surface area contributed by atoms with Gasteiger partial charge in [-0.1, -0.05) is 39.5 Å². The van der Waals surface area contributed by atoms with E-state index >= 15 is 0 Å². The average molecular weight is 615 g/mol. The summed E-state index contributed by atoms with van der Waals surface area (Å²) < 4.78 is 118. The number of alkyl halides is 8. The summed E-state index contributed by atoms with van der Waals surface area (Å²) in [6, 6.07) is -4.25. The fraction of sp³-hybridized carbons (Fsp3) is 1.00. The van der Waals surface area contributed by atoms with Crippen LogP contribution in [0.1, 0.15) is 79.1 Å². The first-order valence-electron chi connectivity index (χ1n) is 14.7. The van der Waals surface area contributed by atoms with E-state index in [0.717, 1.165) is 25.7 Å². The maximum atomic E-state index is 13.3. The first-order chi connectivity index (χ1) is 18.9. The SMILES string of the molecule is CCOC(F)(F)C1CCC(C)CC1.CCOC(F)(F)C1CCCC(C)C1.COC(F)(F)C(F)(F)N1CCN(C)CC1. The van der Waals surface area contributed by atoms with Gasteiger partial charge in [0.2, 0.25) is 0 Å². The molecule has 2 saturated carbocycles. The van der Waals surface area contributed by atoms with Crippen molar-refractivity contribution in [2.75, 3.05) is 53.6 Å². The number of nitrogens with zero attached hydrogens (tertiary/aromatic N) is 2. The lowest BCUT2D eigenvalue weighted by Crippen LogP contribution is -2.60. The second-order valence-electron chi connectivity index (χ2n) is 11.5. The number of piperazine rings is 1. The van der Waals surface area contributed by atoms with Crippen molar-refractivity contribution in [3.8, 4) is 0 Å². The number of hydrogen-bond donors (Lipinski definition) is 0. The highest BCUT2D eigenvalue weighted by Gasteiger charge is 2.61. The molecule has 2 aliphatic carbocycles. The molecule has 3 aliphatic rings. The van der Waals surface area contributed by atoms with Crippen LogP contribution in [0.3, 0.4) is 0 Å². The Balaban J connectivity index is 0.000000309. The molecule has 0 aromatic carbocycles. The Labute approximate surface area is 240 Å². The zero-order valence-electron chi connectivity index (χ0n) is 25.4. The van der Waals surface area contributed by atoms with Crippen LogP contribution >= 0.6 is 0 Å². The smallest absolute Gasteiger partial charge is 0.321 e. The molecule has 3 rings (SSSR count). The molecule has 2 unspecified atom stereocenters. The number of methoxy groups -OCH3 is 1. The van der Waals surface area contributed by atoms with E-state index in [1.165, 1.54) is 0 Å². The van der Waals surface area contributed by atoms with Gasteiger partial charge in [0.1, 0.15) is 0 Å². The van der Waals surface area contributed by atoms with Crippen molar-refractivity contribution in [3.05, 3.63) is 0 Å².